The summed E-state index contributed by atoms with van der Waals surface area (Å²) in [6.07, 6.45) is 4.81. The van der Waals surface area contributed by atoms with Crippen molar-refractivity contribution in [2.24, 2.45) is 5.41 Å². The normalized spacial score (nSPS) is 18.2. The molecule has 6 nitrogen and oxygen atoms in total. The number of carbonyl (C=O) groups is 2. The summed E-state index contributed by atoms with van der Waals surface area (Å²) in [6.45, 7) is 0.605. The molecule has 0 spiro atoms. The predicted octanol–water partition coefficient (Wildman–Crippen LogP) is 1.51. The lowest BCUT2D eigenvalue weighted by Crippen LogP contribution is -2.38. The lowest BCUT2D eigenvalue weighted by Gasteiger charge is -2.37. The highest BCUT2D eigenvalue weighted by Gasteiger charge is 2.34. The van der Waals surface area contributed by atoms with Crippen LogP contribution in [0.1, 0.15) is 50.5 Å². The Balaban J connectivity index is 1.56. The summed E-state index contributed by atoms with van der Waals surface area (Å²) in [5, 5.41) is 14.0. The zero-order chi connectivity index (χ0) is 17.0. The molecule has 1 heterocycles. The maximum atomic E-state index is 12.3. The summed E-state index contributed by atoms with van der Waals surface area (Å²) in [7, 11) is 0. The second-order valence-corrected chi connectivity index (χ2v) is 6.75. The van der Waals surface area contributed by atoms with E-state index < -0.39 is 11.4 Å². The molecule has 3 rings (SSSR count). The number of aliphatic carboxylic acids is 1. The van der Waals surface area contributed by atoms with Gasteiger partial charge in [-0.3, -0.25) is 4.79 Å². The molecule has 0 atom stereocenters. The summed E-state index contributed by atoms with van der Waals surface area (Å²) in [5.74, 6) is 0.207. The average Bonchev–Trinajstić information content (AvgIpc) is 3.00. The molecular weight excluding hydrogens is 310 g/mol. The third-order valence-corrected chi connectivity index (χ3v) is 4.90. The van der Waals surface area contributed by atoms with Gasteiger partial charge in [-0.2, -0.15) is 0 Å². The van der Waals surface area contributed by atoms with Crippen LogP contribution in [-0.2, 0) is 16.1 Å². The van der Waals surface area contributed by atoms with Crippen molar-refractivity contribution in [3.63, 3.8) is 0 Å². The Morgan fingerprint density at radius 1 is 1.08 bits per heavy atom. The Kier molecular flexibility index (Phi) is 4.92. The van der Waals surface area contributed by atoms with Crippen LogP contribution in [0, 0.1) is 5.41 Å². The van der Waals surface area contributed by atoms with Crippen molar-refractivity contribution >= 4 is 11.9 Å². The van der Waals surface area contributed by atoms with Gasteiger partial charge in [-0.15, -0.1) is 0 Å². The van der Waals surface area contributed by atoms with Gasteiger partial charge in [-0.25, -0.2) is 0 Å². The van der Waals surface area contributed by atoms with Gasteiger partial charge in [0, 0.05) is 18.9 Å². The van der Waals surface area contributed by atoms with Crippen LogP contribution < -0.4 is 19.9 Å². The van der Waals surface area contributed by atoms with Crippen LogP contribution in [0.25, 0.3) is 0 Å². The van der Waals surface area contributed by atoms with E-state index in [2.05, 4.69) is 5.32 Å². The van der Waals surface area contributed by atoms with Crippen molar-refractivity contribution in [3.8, 4) is 11.5 Å². The summed E-state index contributed by atoms with van der Waals surface area (Å²) in [4.78, 5) is 23.4. The van der Waals surface area contributed by atoms with Crippen molar-refractivity contribution in [3.05, 3.63) is 23.8 Å². The molecule has 1 aromatic rings. The van der Waals surface area contributed by atoms with E-state index in [0.29, 0.717) is 18.0 Å². The first kappa shape index (κ1) is 16.6. The van der Waals surface area contributed by atoms with Crippen LogP contribution in [0.15, 0.2) is 18.2 Å². The first-order valence-electron chi connectivity index (χ1n) is 8.41. The molecule has 0 saturated heterocycles. The van der Waals surface area contributed by atoms with Gasteiger partial charge in [0.2, 0.25) is 12.7 Å². The summed E-state index contributed by atoms with van der Waals surface area (Å²) < 4.78 is 10.6. The Bertz CT molecular complexity index is 622. The third kappa shape index (κ3) is 3.99. The SMILES string of the molecule is O=C([O-])CC1(CC(=O)NCc2ccc3c(c2)OCO3)CCCCC1. The quantitative estimate of drug-likeness (QED) is 0.853. The number of amides is 1. The van der Waals surface area contributed by atoms with E-state index in [4.69, 9.17) is 9.47 Å². The number of hydrogen-bond donors (Lipinski definition) is 1. The standard InChI is InChI=1S/C18H23NO5/c20-16(9-18(10-17(21)22)6-2-1-3-7-18)19-11-13-4-5-14-15(8-13)24-12-23-14/h4-5,8H,1-3,6-7,9-12H2,(H,19,20)(H,21,22)/p-1. The highest BCUT2D eigenvalue weighted by molar-refractivity contribution is 5.77. The van der Waals surface area contributed by atoms with E-state index in [9.17, 15) is 14.7 Å². The number of benzene rings is 1. The van der Waals surface area contributed by atoms with Crippen molar-refractivity contribution in [2.75, 3.05) is 6.79 Å². The fraction of sp³-hybridized carbons (Fsp3) is 0.556. The Labute approximate surface area is 141 Å². The van der Waals surface area contributed by atoms with E-state index in [1.54, 1.807) is 0 Å². The summed E-state index contributed by atoms with van der Waals surface area (Å²) >= 11 is 0. The van der Waals surface area contributed by atoms with E-state index in [1.807, 2.05) is 18.2 Å². The van der Waals surface area contributed by atoms with Gasteiger partial charge in [-0.1, -0.05) is 25.3 Å². The minimum atomic E-state index is -1.07. The molecule has 2 aliphatic rings. The summed E-state index contributed by atoms with van der Waals surface area (Å²) in [6, 6.07) is 5.55. The summed E-state index contributed by atoms with van der Waals surface area (Å²) in [5.41, 5.74) is 0.473. The number of hydrogen-bond acceptors (Lipinski definition) is 5. The van der Waals surface area contributed by atoms with Crippen LogP contribution in [0.4, 0.5) is 0 Å². The van der Waals surface area contributed by atoms with Crippen LogP contribution in [0.2, 0.25) is 0 Å². The monoisotopic (exact) mass is 332 g/mol. The van der Waals surface area contributed by atoms with Crippen molar-refractivity contribution in [1.29, 1.82) is 0 Å². The first-order valence-corrected chi connectivity index (χ1v) is 8.41. The van der Waals surface area contributed by atoms with Gasteiger partial charge in [0.1, 0.15) is 0 Å². The van der Waals surface area contributed by atoms with E-state index in [1.165, 1.54) is 0 Å². The number of nitrogens with one attached hydrogen (secondary N) is 1. The molecule has 1 aliphatic carbocycles. The zero-order valence-electron chi connectivity index (χ0n) is 13.6. The lowest BCUT2D eigenvalue weighted by molar-refractivity contribution is -0.308. The number of rotatable bonds is 6. The molecule has 1 aliphatic heterocycles. The minimum Gasteiger partial charge on any atom is -0.550 e. The molecule has 1 saturated carbocycles. The number of carbonyl (C=O) groups excluding carboxylic acids is 2. The number of carboxylic acid groups (broad SMARTS) is 1. The molecule has 24 heavy (non-hydrogen) atoms. The smallest absolute Gasteiger partial charge is 0.231 e. The molecule has 1 N–H and O–H groups in total. The lowest BCUT2D eigenvalue weighted by atomic mass is 9.69. The highest BCUT2D eigenvalue weighted by Crippen LogP contribution is 2.42. The van der Waals surface area contributed by atoms with Gasteiger partial charge >= 0.3 is 0 Å². The molecule has 0 bridgehead atoms. The van der Waals surface area contributed by atoms with Crippen LogP contribution in [0.5, 0.6) is 11.5 Å². The molecule has 1 amide bonds. The van der Waals surface area contributed by atoms with Gasteiger partial charge in [0.25, 0.3) is 0 Å². The van der Waals surface area contributed by atoms with Crippen molar-refractivity contribution < 1.29 is 24.2 Å². The maximum Gasteiger partial charge on any atom is 0.231 e. The van der Waals surface area contributed by atoms with Gasteiger partial charge in [0.15, 0.2) is 11.5 Å². The van der Waals surface area contributed by atoms with Gasteiger partial charge in [0.05, 0.1) is 0 Å². The topological polar surface area (TPSA) is 87.7 Å². The van der Waals surface area contributed by atoms with Gasteiger partial charge < -0.3 is 24.7 Å². The zero-order valence-corrected chi connectivity index (χ0v) is 13.6. The van der Waals surface area contributed by atoms with Crippen molar-refractivity contribution in [1.82, 2.24) is 5.32 Å². The molecule has 6 heteroatoms. The van der Waals surface area contributed by atoms with Crippen LogP contribution in [0.3, 0.4) is 0 Å². The largest absolute Gasteiger partial charge is 0.550 e. The molecule has 0 radical (unpaired) electrons. The molecule has 1 aromatic carbocycles. The third-order valence-electron chi connectivity index (χ3n) is 4.90. The fourth-order valence-electron chi connectivity index (χ4n) is 3.68. The minimum absolute atomic E-state index is 0.0373. The van der Waals surface area contributed by atoms with Crippen molar-refractivity contribution in [2.45, 2.75) is 51.5 Å². The number of carboxylic acids is 1. The highest BCUT2D eigenvalue weighted by atomic mass is 16.7. The molecule has 1 fully saturated rings. The second-order valence-electron chi connectivity index (χ2n) is 6.75. The Morgan fingerprint density at radius 3 is 2.58 bits per heavy atom. The first-order chi connectivity index (χ1) is 11.6. The number of ether oxygens (including phenoxy) is 2. The predicted molar refractivity (Wildman–Crippen MR) is 84.2 cm³/mol. The Morgan fingerprint density at radius 2 is 1.83 bits per heavy atom. The maximum absolute atomic E-state index is 12.3. The van der Waals surface area contributed by atoms with Crippen LogP contribution in [-0.4, -0.2) is 18.7 Å². The van der Waals surface area contributed by atoms with E-state index in [-0.39, 0.29) is 25.5 Å². The average molecular weight is 332 g/mol. The van der Waals surface area contributed by atoms with Crippen LogP contribution >= 0.6 is 0 Å². The molecular formula is C18H22NO5-. The molecule has 0 aromatic heterocycles. The fourth-order valence-corrected chi connectivity index (χ4v) is 3.68. The number of fused-ring (bicyclic) bond motifs is 1. The van der Waals surface area contributed by atoms with E-state index in [0.717, 1.165) is 37.7 Å². The van der Waals surface area contributed by atoms with E-state index >= 15 is 0 Å². The molecule has 130 valence electrons. The van der Waals surface area contributed by atoms with Gasteiger partial charge in [-0.05, 0) is 42.4 Å². The second kappa shape index (κ2) is 7.11. The Hall–Kier alpha value is -2.24. The molecule has 0 unspecified atom stereocenters.